The number of rotatable bonds is 4. The molecule has 3 N–H and O–H groups in total. The van der Waals surface area contributed by atoms with E-state index in [1.54, 1.807) is 6.07 Å². The molecule has 0 atom stereocenters. The van der Waals surface area contributed by atoms with Gasteiger partial charge in [0, 0.05) is 19.8 Å². The lowest BCUT2D eigenvalue weighted by atomic mass is 10.0. The van der Waals surface area contributed by atoms with Crippen molar-refractivity contribution in [2.75, 3.05) is 25.1 Å². The van der Waals surface area contributed by atoms with Crippen LogP contribution in [0.15, 0.2) is 23.1 Å². The quantitative estimate of drug-likeness (QED) is 0.863. The van der Waals surface area contributed by atoms with Crippen molar-refractivity contribution < 1.29 is 13.2 Å². The molecule has 1 fully saturated rings. The second-order valence-corrected chi connectivity index (χ2v) is 6.36. The summed E-state index contributed by atoms with van der Waals surface area (Å²) in [5, 5.41) is 17.3. The molecule has 2 rings (SSSR count). The van der Waals surface area contributed by atoms with Crippen molar-refractivity contribution in [3.63, 3.8) is 0 Å². The van der Waals surface area contributed by atoms with Gasteiger partial charge in [0.2, 0.25) is 10.0 Å². The molecule has 1 aliphatic rings. The Morgan fingerprint density at radius 1 is 1.40 bits per heavy atom. The Balaban J connectivity index is 2.10. The van der Waals surface area contributed by atoms with Gasteiger partial charge in [0.25, 0.3) is 0 Å². The highest BCUT2D eigenvalue weighted by molar-refractivity contribution is 7.89. The van der Waals surface area contributed by atoms with Gasteiger partial charge in [0.05, 0.1) is 16.1 Å². The van der Waals surface area contributed by atoms with Crippen molar-refractivity contribution in [2.24, 2.45) is 11.1 Å². The first-order valence-corrected chi connectivity index (χ1v) is 7.94. The van der Waals surface area contributed by atoms with Gasteiger partial charge in [-0.05, 0) is 37.0 Å². The third kappa shape index (κ3) is 3.70. The monoisotopic (exact) mass is 295 g/mol. The zero-order valence-corrected chi connectivity index (χ0v) is 11.8. The number of hydrogen-bond donors (Lipinski definition) is 2. The number of nitrogens with zero attached hydrogens (tertiary/aromatic N) is 1. The van der Waals surface area contributed by atoms with Crippen molar-refractivity contribution in [1.82, 2.24) is 0 Å². The molecule has 0 bridgehead atoms. The van der Waals surface area contributed by atoms with Crippen molar-refractivity contribution in [2.45, 2.75) is 17.7 Å². The number of nitrogens with one attached hydrogen (secondary N) is 1. The summed E-state index contributed by atoms with van der Waals surface area (Å²) in [4.78, 5) is -0.0503. The van der Waals surface area contributed by atoms with Crippen LogP contribution in [-0.2, 0) is 14.8 Å². The Kier molecular flexibility index (Phi) is 4.60. The first-order valence-electron chi connectivity index (χ1n) is 6.39. The molecule has 0 aromatic heterocycles. The van der Waals surface area contributed by atoms with Crippen LogP contribution in [0.5, 0.6) is 0 Å². The number of nitrogens with two attached hydrogens (primary N) is 1. The van der Waals surface area contributed by atoms with E-state index in [9.17, 15) is 8.42 Å². The molecule has 1 aromatic rings. The molecule has 0 aliphatic carbocycles. The largest absolute Gasteiger partial charge is 0.384 e. The molecule has 1 aromatic carbocycles. The molecule has 7 heteroatoms. The van der Waals surface area contributed by atoms with Gasteiger partial charge in [-0.15, -0.1) is 0 Å². The highest BCUT2D eigenvalue weighted by atomic mass is 32.2. The average Bonchev–Trinajstić information content (AvgIpc) is 2.45. The molecule has 0 amide bonds. The Morgan fingerprint density at radius 3 is 2.70 bits per heavy atom. The third-order valence-electron chi connectivity index (χ3n) is 3.36. The van der Waals surface area contributed by atoms with Gasteiger partial charge < -0.3 is 10.1 Å². The fourth-order valence-electron chi connectivity index (χ4n) is 2.15. The number of hydrogen-bond acceptors (Lipinski definition) is 5. The molecule has 6 nitrogen and oxygen atoms in total. The van der Waals surface area contributed by atoms with Crippen LogP contribution in [0.2, 0.25) is 0 Å². The maximum Gasteiger partial charge on any atom is 0.238 e. The van der Waals surface area contributed by atoms with Gasteiger partial charge in [0.15, 0.2) is 0 Å². The molecule has 108 valence electrons. The lowest BCUT2D eigenvalue weighted by Crippen LogP contribution is -2.23. The maximum atomic E-state index is 11.3. The van der Waals surface area contributed by atoms with Crippen LogP contribution in [0.25, 0.3) is 0 Å². The van der Waals surface area contributed by atoms with Crippen molar-refractivity contribution in [1.29, 1.82) is 5.26 Å². The average molecular weight is 295 g/mol. The van der Waals surface area contributed by atoms with Crippen LogP contribution < -0.4 is 10.5 Å². The Bertz CT molecular complexity index is 616. The second kappa shape index (κ2) is 6.22. The first kappa shape index (κ1) is 14.8. The van der Waals surface area contributed by atoms with Crippen LogP contribution in [0, 0.1) is 17.2 Å². The van der Waals surface area contributed by atoms with E-state index in [0.29, 0.717) is 11.6 Å². The Hall–Kier alpha value is -1.62. The highest BCUT2D eigenvalue weighted by Gasteiger charge is 2.15. The fraction of sp³-hybridized carbons (Fsp3) is 0.462. The third-order valence-corrected chi connectivity index (χ3v) is 4.27. The summed E-state index contributed by atoms with van der Waals surface area (Å²) in [6, 6.07) is 6.27. The second-order valence-electron chi connectivity index (χ2n) is 4.80. The summed E-state index contributed by atoms with van der Waals surface area (Å²) in [5.74, 6) is 0.508. The van der Waals surface area contributed by atoms with Crippen LogP contribution in [-0.4, -0.2) is 28.2 Å². The summed E-state index contributed by atoms with van der Waals surface area (Å²) in [6.07, 6.45) is 1.98. The predicted molar refractivity (Wildman–Crippen MR) is 74.6 cm³/mol. The molecule has 1 aliphatic heterocycles. The molecule has 1 heterocycles. The number of benzene rings is 1. The van der Waals surface area contributed by atoms with E-state index in [0.717, 1.165) is 32.6 Å². The fourth-order valence-corrected chi connectivity index (χ4v) is 2.69. The molecular formula is C13H17N3O3S. The van der Waals surface area contributed by atoms with Crippen LogP contribution >= 0.6 is 0 Å². The zero-order valence-electron chi connectivity index (χ0n) is 11.0. The van der Waals surface area contributed by atoms with E-state index >= 15 is 0 Å². The zero-order chi connectivity index (χ0) is 14.6. The van der Waals surface area contributed by atoms with Gasteiger partial charge in [-0.2, -0.15) is 5.26 Å². The van der Waals surface area contributed by atoms with Crippen molar-refractivity contribution >= 4 is 15.7 Å². The topological polar surface area (TPSA) is 105 Å². The lowest BCUT2D eigenvalue weighted by Gasteiger charge is -2.23. The van der Waals surface area contributed by atoms with Gasteiger partial charge in [-0.3, -0.25) is 0 Å². The normalized spacial score (nSPS) is 16.6. The molecule has 0 spiro atoms. The van der Waals surface area contributed by atoms with E-state index in [4.69, 9.17) is 15.1 Å². The van der Waals surface area contributed by atoms with Gasteiger partial charge in [-0.1, -0.05) is 0 Å². The summed E-state index contributed by atoms with van der Waals surface area (Å²) < 4.78 is 27.8. The Morgan fingerprint density at radius 2 is 2.10 bits per heavy atom. The van der Waals surface area contributed by atoms with Gasteiger partial charge in [-0.25, -0.2) is 13.6 Å². The van der Waals surface area contributed by atoms with Crippen LogP contribution in [0.3, 0.4) is 0 Å². The van der Waals surface area contributed by atoms with E-state index in [2.05, 4.69) is 5.32 Å². The van der Waals surface area contributed by atoms with E-state index < -0.39 is 10.0 Å². The summed E-state index contributed by atoms with van der Waals surface area (Å²) in [7, 11) is -3.78. The minimum Gasteiger partial charge on any atom is -0.384 e. The molecule has 0 radical (unpaired) electrons. The van der Waals surface area contributed by atoms with E-state index in [1.165, 1.54) is 12.1 Å². The van der Waals surface area contributed by atoms with Crippen molar-refractivity contribution in [3.8, 4) is 6.07 Å². The van der Waals surface area contributed by atoms with E-state index in [-0.39, 0.29) is 10.5 Å². The van der Waals surface area contributed by atoms with E-state index in [1.807, 2.05) is 6.07 Å². The standard InChI is InChI=1S/C13H17N3O3S/c14-8-11-7-12(20(15,17)18)1-2-13(11)16-9-10-3-5-19-6-4-10/h1-2,7,10,16H,3-6,9H2,(H2,15,17,18). The minimum atomic E-state index is -3.78. The van der Waals surface area contributed by atoms with Crippen LogP contribution in [0.4, 0.5) is 5.69 Å². The smallest absolute Gasteiger partial charge is 0.238 e. The minimum absolute atomic E-state index is 0.0503. The summed E-state index contributed by atoms with van der Waals surface area (Å²) in [5.41, 5.74) is 0.912. The number of sulfonamides is 1. The summed E-state index contributed by atoms with van der Waals surface area (Å²) in [6.45, 7) is 2.27. The lowest BCUT2D eigenvalue weighted by molar-refractivity contribution is 0.0699. The SMILES string of the molecule is N#Cc1cc(S(N)(=O)=O)ccc1NCC1CCOCC1. The van der Waals surface area contributed by atoms with Gasteiger partial charge >= 0.3 is 0 Å². The maximum absolute atomic E-state index is 11.3. The molecular weight excluding hydrogens is 278 g/mol. The van der Waals surface area contributed by atoms with Crippen LogP contribution in [0.1, 0.15) is 18.4 Å². The number of ether oxygens (including phenoxy) is 1. The molecule has 1 saturated heterocycles. The summed E-state index contributed by atoms with van der Waals surface area (Å²) >= 11 is 0. The van der Waals surface area contributed by atoms with Crippen molar-refractivity contribution in [3.05, 3.63) is 23.8 Å². The highest BCUT2D eigenvalue weighted by Crippen LogP contribution is 2.21. The molecule has 0 saturated carbocycles. The molecule has 20 heavy (non-hydrogen) atoms. The predicted octanol–water partition coefficient (Wildman–Crippen LogP) is 1.04. The first-order chi connectivity index (χ1) is 9.50. The Labute approximate surface area is 118 Å². The molecule has 0 unspecified atom stereocenters. The number of primary sulfonamides is 1. The number of anilines is 1. The van der Waals surface area contributed by atoms with Gasteiger partial charge in [0.1, 0.15) is 6.07 Å². The number of nitriles is 1.